The molecule has 0 spiro atoms. The Labute approximate surface area is 346 Å². The minimum atomic E-state index is -4.07. The molecule has 0 aromatic heterocycles. The Morgan fingerprint density at radius 1 is 0.741 bits per heavy atom. The van der Waals surface area contributed by atoms with Crippen molar-refractivity contribution < 1.29 is 32.5 Å². The van der Waals surface area contributed by atoms with E-state index in [4.69, 9.17) is 18.3 Å². The quantitative estimate of drug-likeness (QED) is 0.0925. The molecule has 0 bridgehead atoms. The number of ether oxygens (including phenoxy) is 1. The molecule has 2 unspecified atom stereocenters. The number of hydrogen-bond acceptors (Lipinski definition) is 8. The molecule has 1 fully saturated rings. The number of benzene rings is 5. The molecule has 7 rings (SSSR count). The van der Waals surface area contributed by atoms with Gasteiger partial charge >= 0.3 is 7.82 Å². The predicted molar refractivity (Wildman–Crippen MR) is 229 cm³/mol. The number of hydrogen-bond donors (Lipinski definition) is 1. The second-order valence-corrected chi connectivity index (χ2v) is 17.6. The molecule has 0 radical (unpaired) electrons. The van der Waals surface area contributed by atoms with E-state index in [0.717, 1.165) is 40.1 Å². The fourth-order valence-corrected chi connectivity index (χ4v) is 10.1. The number of fused-ring (bicyclic) bond motifs is 1. The topological polar surface area (TPSA) is 103 Å². The van der Waals surface area contributed by atoms with Gasteiger partial charge in [0.2, 0.25) is 5.91 Å². The van der Waals surface area contributed by atoms with Crippen LogP contribution in [0.3, 0.4) is 0 Å². The Morgan fingerprint density at radius 2 is 1.34 bits per heavy atom. The van der Waals surface area contributed by atoms with Gasteiger partial charge in [-0.2, -0.15) is 0 Å². The van der Waals surface area contributed by atoms with Crippen molar-refractivity contribution in [3.63, 3.8) is 0 Å². The second kappa shape index (κ2) is 20.2. The Kier molecular flexibility index (Phi) is 14.4. The van der Waals surface area contributed by atoms with Gasteiger partial charge in [0.05, 0.1) is 37.7 Å². The van der Waals surface area contributed by atoms with Crippen molar-refractivity contribution in [3.8, 4) is 11.5 Å². The highest BCUT2D eigenvalue weighted by Gasteiger charge is 2.39. The van der Waals surface area contributed by atoms with Gasteiger partial charge in [0.15, 0.2) is 0 Å². The van der Waals surface area contributed by atoms with Gasteiger partial charge in [0.1, 0.15) is 17.5 Å². The van der Waals surface area contributed by atoms with Crippen molar-refractivity contribution in [1.29, 1.82) is 0 Å². The van der Waals surface area contributed by atoms with Crippen molar-refractivity contribution in [1.82, 2.24) is 5.32 Å². The number of amides is 2. The van der Waals surface area contributed by atoms with E-state index in [0.29, 0.717) is 23.8 Å². The third kappa shape index (κ3) is 11.2. The van der Waals surface area contributed by atoms with Crippen LogP contribution < -0.4 is 19.5 Å². The maximum absolute atomic E-state index is 14.8. The molecule has 1 aliphatic heterocycles. The highest BCUT2D eigenvalue weighted by molar-refractivity contribution is 7.99. The first-order valence-electron chi connectivity index (χ1n) is 20.1. The lowest BCUT2D eigenvalue weighted by Crippen LogP contribution is -2.51. The highest BCUT2D eigenvalue weighted by Crippen LogP contribution is 2.51. The van der Waals surface area contributed by atoms with Crippen LogP contribution in [0.2, 0.25) is 0 Å². The third-order valence-electron chi connectivity index (χ3n) is 10.7. The molecular formula is C47H51N2O7PS. The van der Waals surface area contributed by atoms with Gasteiger partial charge in [0.25, 0.3) is 5.91 Å². The van der Waals surface area contributed by atoms with E-state index in [1.165, 1.54) is 32.1 Å². The van der Waals surface area contributed by atoms with Crippen LogP contribution in [0.25, 0.3) is 0 Å². The standard InChI is InChI=1S/C47H51N2O7PS/c1-53-40-29-25-39(26-30-40)46-45(47(51)49(42-21-11-12-22-43(42)58-46)31-13-20-35-14-5-2-6-15-35)48-44(50)32-36-23-27-41(28-24-36)56-57(52,54-33-37-16-7-3-8-17-37)55-34-38-18-9-4-10-19-38/h3-4,7-12,16-19,21-30,35,45-46H,2,5-6,13-15,20,31-34H2,1H3,(H,48,50). The third-order valence-corrected chi connectivity index (χ3v) is 13.4. The van der Waals surface area contributed by atoms with Gasteiger partial charge in [-0.25, -0.2) is 4.57 Å². The number of rotatable bonds is 17. The minimum Gasteiger partial charge on any atom is -0.497 e. The summed E-state index contributed by atoms with van der Waals surface area (Å²) in [6, 6.07) is 40.5. The fourth-order valence-electron chi connectivity index (χ4n) is 7.59. The zero-order chi connectivity index (χ0) is 40.2. The molecule has 9 nitrogen and oxygen atoms in total. The van der Waals surface area contributed by atoms with Gasteiger partial charge in [-0.15, -0.1) is 11.8 Å². The van der Waals surface area contributed by atoms with E-state index < -0.39 is 13.9 Å². The summed E-state index contributed by atoms with van der Waals surface area (Å²) in [5, 5.41) is 2.77. The Hall–Kier alpha value is -4.86. The highest BCUT2D eigenvalue weighted by atomic mass is 32.2. The van der Waals surface area contributed by atoms with Crippen molar-refractivity contribution in [2.45, 2.75) is 80.8 Å². The molecule has 0 saturated heterocycles. The lowest BCUT2D eigenvalue weighted by Gasteiger charge is -2.29. The molecule has 2 amide bonds. The van der Waals surface area contributed by atoms with E-state index in [9.17, 15) is 14.2 Å². The number of carbonyl (C=O) groups excluding carboxylic acids is 2. The summed E-state index contributed by atoms with van der Waals surface area (Å²) >= 11 is 1.60. The number of anilines is 1. The first-order valence-corrected chi connectivity index (χ1v) is 22.5. The predicted octanol–water partition coefficient (Wildman–Crippen LogP) is 10.9. The molecule has 302 valence electrons. The average Bonchev–Trinajstić information content (AvgIpc) is 3.37. The number of nitrogens with zero attached hydrogens (tertiary/aromatic N) is 1. The van der Waals surface area contributed by atoms with E-state index in [1.54, 1.807) is 43.1 Å². The summed E-state index contributed by atoms with van der Waals surface area (Å²) in [5.41, 5.74) is 4.13. The largest absolute Gasteiger partial charge is 0.530 e. The first-order chi connectivity index (χ1) is 28.4. The van der Waals surface area contributed by atoms with Crippen LogP contribution in [-0.4, -0.2) is 31.5 Å². The molecule has 5 aromatic rings. The summed E-state index contributed by atoms with van der Waals surface area (Å²) in [5.74, 6) is 1.27. The summed E-state index contributed by atoms with van der Waals surface area (Å²) in [4.78, 5) is 31.6. The van der Waals surface area contributed by atoms with E-state index in [-0.39, 0.29) is 42.4 Å². The van der Waals surface area contributed by atoms with Gasteiger partial charge in [-0.05, 0) is 77.4 Å². The van der Waals surface area contributed by atoms with E-state index in [2.05, 4.69) is 11.4 Å². The maximum atomic E-state index is 14.8. The summed E-state index contributed by atoms with van der Waals surface area (Å²) < 4.78 is 36.8. The Balaban J connectivity index is 1.06. The number of para-hydroxylation sites is 1. The SMILES string of the molecule is COc1ccc(C2Sc3ccccc3N(CCCC3CCCCC3)C(=O)C2NC(=O)Cc2ccc(OP(=O)(OCc3ccccc3)OCc3ccccc3)cc2)cc1. The first kappa shape index (κ1) is 41.3. The van der Waals surface area contributed by atoms with Crippen LogP contribution in [0.1, 0.15) is 72.4 Å². The molecule has 2 aliphatic rings. The minimum absolute atomic E-state index is 0.0192. The molecule has 1 saturated carbocycles. The molecule has 2 atom stereocenters. The molecule has 1 aliphatic carbocycles. The Morgan fingerprint density at radius 3 is 1.98 bits per heavy atom. The number of carbonyl (C=O) groups is 2. The zero-order valence-electron chi connectivity index (χ0n) is 32.9. The fraction of sp³-hybridized carbons (Fsp3) is 0.319. The summed E-state index contributed by atoms with van der Waals surface area (Å²) in [6.07, 6.45) is 8.41. The van der Waals surface area contributed by atoms with Gasteiger partial charge in [-0.3, -0.25) is 18.6 Å². The number of phosphoric ester groups is 1. The van der Waals surface area contributed by atoms with Crippen LogP contribution in [0.4, 0.5) is 5.69 Å². The van der Waals surface area contributed by atoms with Gasteiger partial charge < -0.3 is 19.5 Å². The average molecular weight is 819 g/mol. The van der Waals surface area contributed by atoms with Gasteiger partial charge in [-0.1, -0.05) is 129 Å². The number of methoxy groups -OCH3 is 1. The van der Waals surface area contributed by atoms with E-state index >= 15 is 0 Å². The number of thioether (sulfide) groups is 1. The lowest BCUT2D eigenvalue weighted by atomic mass is 9.86. The van der Waals surface area contributed by atoms with Crippen LogP contribution in [-0.2, 0) is 42.8 Å². The van der Waals surface area contributed by atoms with E-state index in [1.807, 2.05) is 108 Å². The van der Waals surface area contributed by atoms with Crippen LogP contribution in [0.15, 0.2) is 138 Å². The Bertz CT molecular complexity index is 2080. The van der Waals surface area contributed by atoms with Crippen molar-refractivity contribution in [2.75, 3.05) is 18.6 Å². The van der Waals surface area contributed by atoms with Crippen LogP contribution in [0.5, 0.6) is 11.5 Å². The van der Waals surface area contributed by atoms with Crippen molar-refractivity contribution in [3.05, 3.63) is 156 Å². The molecule has 5 aromatic carbocycles. The normalized spacial score (nSPS) is 17.3. The smallest absolute Gasteiger partial charge is 0.497 e. The maximum Gasteiger partial charge on any atom is 0.530 e. The van der Waals surface area contributed by atoms with Crippen molar-refractivity contribution >= 4 is 37.1 Å². The second-order valence-electron chi connectivity index (χ2n) is 14.8. The monoisotopic (exact) mass is 818 g/mol. The molecule has 11 heteroatoms. The summed E-state index contributed by atoms with van der Waals surface area (Å²) in [6.45, 7) is 0.651. The van der Waals surface area contributed by atoms with Crippen LogP contribution in [0, 0.1) is 5.92 Å². The molecule has 58 heavy (non-hydrogen) atoms. The lowest BCUT2D eigenvalue weighted by molar-refractivity contribution is -0.127. The molecular weight excluding hydrogens is 768 g/mol. The molecule has 1 N–H and O–H groups in total. The van der Waals surface area contributed by atoms with Crippen molar-refractivity contribution in [2.24, 2.45) is 5.92 Å². The summed E-state index contributed by atoms with van der Waals surface area (Å²) in [7, 11) is -2.45. The number of phosphoric acid groups is 1. The zero-order valence-corrected chi connectivity index (χ0v) is 34.6. The van der Waals surface area contributed by atoms with Gasteiger partial charge in [0, 0.05) is 11.4 Å². The number of nitrogens with one attached hydrogen (secondary N) is 1. The van der Waals surface area contributed by atoms with Crippen LogP contribution >= 0.6 is 19.6 Å². The molecule has 1 heterocycles.